The third-order valence-corrected chi connectivity index (χ3v) is 4.25. The second-order valence-corrected chi connectivity index (χ2v) is 6.24. The Bertz CT molecular complexity index is 1210. The molecule has 0 aliphatic carbocycles. The standard InChI is InChI=1S/C26H14N4O2/c27-15-21(16-28)25(19-9-3-1-4-10-19)31-23-13-7-8-14-24(23)32-26(22(17-29)18-30)20-11-5-2-6-12-20/h1-14H. The fourth-order valence-electron chi connectivity index (χ4n) is 2.78. The molecule has 0 radical (unpaired) electrons. The molecule has 3 aromatic rings. The Balaban J connectivity index is 2.10. The van der Waals surface area contributed by atoms with Crippen LogP contribution in [-0.2, 0) is 0 Å². The predicted molar refractivity (Wildman–Crippen MR) is 117 cm³/mol. The molecule has 0 heterocycles. The first-order valence-electron chi connectivity index (χ1n) is 9.36. The van der Waals surface area contributed by atoms with Gasteiger partial charge in [-0.05, 0) is 12.1 Å². The highest BCUT2D eigenvalue weighted by molar-refractivity contribution is 5.74. The number of ether oxygens (including phenoxy) is 2. The van der Waals surface area contributed by atoms with Gasteiger partial charge in [-0.2, -0.15) is 21.0 Å². The Morgan fingerprint density at radius 2 is 0.781 bits per heavy atom. The van der Waals surface area contributed by atoms with E-state index in [2.05, 4.69) is 0 Å². The summed E-state index contributed by atoms with van der Waals surface area (Å²) in [5, 5.41) is 37.7. The third-order valence-electron chi connectivity index (χ3n) is 4.25. The lowest BCUT2D eigenvalue weighted by molar-refractivity contribution is 0.447. The van der Waals surface area contributed by atoms with E-state index in [0.717, 1.165) is 0 Å². The topological polar surface area (TPSA) is 114 Å². The van der Waals surface area contributed by atoms with Crippen LogP contribution < -0.4 is 9.47 Å². The van der Waals surface area contributed by atoms with Gasteiger partial charge in [0.25, 0.3) is 0 Å². The summed E-state index contributed by atoms with van der Waals surface area (Å²) >= 11 is 0. The maximum Gasteiger partial charge on any atom is 0.172 e. The average molecular weight is 414 g/mol. The molecule has 3 rings (SSSR count). The first kappa shape index (κ1) is 21.4. The smallest absolute Gasteiger partial charge is 0.172 e. The van der Waals surface area contributed by atoms with E-state index in [-0.39, 0.29) is 34.2 Å². The predicted octanol–water partition coefficient (Wildman–Crippen LogP) is 5.36. The molecule has 0 aliphatic heterocycles. The van der Waals surface area contributed by atoms with E-state index in [4.69, 9.17) is 9.47 Å². The van der Waals surface area contributed by atoms with Gasteiger partial charge < -0.3 is 9.47 Å². The minimum Gasteiger partial charge on any atom is -0.451 e. The van der Waals surface area contributed by atoms with Gasteiger partial charge in [0.1, 0.15) is 24.3 Å². The van der Waals surface area contributed by atoms with Crippen molar-refractivity contribution in [2.45, 2.75) is 0 Å². The van der Waals surface area contributed by atoms with Gasteiger partial charge in [-0.25, -0.2) is 0 Å². The summed E-state index contributed by atoms with van der Waals surface area (Å²) in [6.07, 6.45) is 0. The molecule has 0 saturated carbocycles. The minimum absolute atomic E-state index is 0.0673. The molecule has 0 aromatic heterocycles. The highest BCUT2D eigenvalue weighted by Crippen LogP contribution is 2.35. The number of nitrogens with zero attached hydrogens (tertiary/aromatic N) is 4. The van der Waals surface area contributed by atoms with Crippen LogP contribution in [0.4, 0.5) is 0 Å². The second-order valence-electron chi connectivity index (χ2n) is 6.24. The van der Waals surface area contributed by atoms with E-state index in [9.17, 15) is 21.0 Å². The second kappa shape index (κ2) is 10.5. The summed E-state index contributed by atoms with van der Waals surface area (Å²) in [5.41, 5.74) is 0.655. The lowest BCUT2D eigenvalue weighted by Gasteiger charge is -2.16. The van der Waals surface area contributed by atoms with Crippen LogP contribution in [0.5, 0.6) is 11.5 Å². The summed E-state index contributed by atoms with van der Waals surface area (Å²) in [5.74, 6) is 0.548. The Labute approximate surface area is 185 Å². The molecule has 0 unspecified atom stereocenters. The van der Waals surface area contributed by atoms with Crippen molar-refractivity contribution in [3.8, 4) is 35.8 Å². The van der Waals surface area contributed by atoms with Crippen molar-refractivity contribution in [2.75, 3.05) is 0 Å². The number of nitriles is 4. The molecule has 0 saturated heterocycles. The van der Waals surface area contributed by atoms with Gasteiger partial charge >= 0.3 is 0 Å². The molecule has 32 heavy (non-hydrogen) atoms. The van der Waals surface area contributed by atoms with E-state index in [1.54, 1.807) is 84.9 Å². The summed E-state index contributed by atoms with van der Waals surface area (Å²) in [6, 6.07) is 31.5. The first-order chi connectivity index (χ1) is 15.7. The fourth-order valence-corrected chi connectivity index (χ4v) is 2.78. The zero-order valence-corrected chi connectivity index (χ0v) is 16.7. The molecule has 0 N–H and O–H groups in total. The number of allylic oxidation sites excluding steroid dienone is 2. The van der Waals surface area contributed by atoms with Gasteiger partial charge in [0.15, 0.2) is 34.2 Å². The van der Waals surface area contributed by atoms with Crippen molar-refractivity contribution >= 4 is 11.5 Å². The normalized spacial score (nSPS) is 9.12. The van der Waals surface area contributed by atoms with Crippen LogP contribution >= 0.6 is 0 Å². The number of para-hydroxylation sites is 2. The van der Waals surface area contributed by atoms with Crippen LogP contribution in [0, 0.1) is 45.3 Å². The average Bonchev–Trinajstić information content (AvgIpc) is 2.86. The number of rotatable bonds is 6. The summed E-state index contributed by atoms with van der Waals surface area (Å²) < 4.78 is 12.0. The van der Waals surface area contributed by atoms with Gasteiger partial charge in [-0.15, -0.1) is 0 Å². The van der Waals surface area contributed by atoms with Crippen molar-refractivity contribution in [3.05, 3.63) is 107 Å². The zero-order valence-electron chi connectivity index (χ0n) is 16.7. The number of hydrogen-bond donors (Lipinski definition) is 0. The SMILES string of the molecule is N#CC(C#N)=C(Oc1ccccc1OC(=C(C#N)C#N)c1ccccc1)c1ccccc1. The van der Waals surface area contributed by atoms with Gasteiger partial charge in [0.05, 0.1) is 0 Å². The quantitative estimate of drug-likeness (QED) is 0.396. The van der Waals surface area contributed by atoms with Crippen LogP contribution in [0.25, 0.3) is 11.5 Å². The zero-order chi connectivity index (χ0) is 22.8. The van der Waals surface area contributed by atoms with Crippen molar-refractivity contribution in [2.24, 2.45) is 0 Å². The Morgan fingerprint density at radius 1 is 0.469 bits per heavy atom. The molecule has 0 bridgehead atoms. The van der Waals surface area contributed by atoms with Crippen molar-refractivity contribution in [1.29, 1.82) is 21.0 Å². The molecular formula is C26H14N4O2. The van der Waals surface area contributed by atoms with Gasteiger partial charge in [0, 0.05) is 11.1 Å². The molecule has 6 heteroatoms. The molecule has 150 valence electrons. The Morgan fingerprint density at radius 3 is 1.09 bits per heavy atom. The molecule has 0 fully saturated rings. The van der Waals surface area contributed by atoms with Crippen LogP contribution in [0.2, 0.25) is 0 Å². The minimum atomic E-state index is -0.209. The first-order valence-corrected chi connectivity index (χ1v) is 9.36. The maximum absolute atomic E-state index is 9.41. The third kappa shape index (κ3) is 4.81. The lowest BCUT2D eigenvalue weighted by atomic mass is 10.1. The Kier molecular flexibility index (Phi) is 7.00. The van der Waals surface area contributed by atoms with Gasteiger partial charge in [0.2, 0.25) is 0 Å². The van der Waals surface area contributed by atoms with Crippen LogP contribution in [0.3, 0.4) is 0 Å². The monoisotopic (exact) mass is 414 g/mol. The van der Waals surface area contributed by atoms with Gasteiger partial charge in [-0.1, -0.05) is 72.8 Å². The van der Waals surface area contributed by atoms with E-state index >= 15 is 0 Å². The highest BCUT2D eigenvalue weighted by Gasteiger charge is 2.18. The summed E-state index contributed by atoms with van der Waals surface area (Å²) in [6.45, 7) is 0. The molecule has 0 spiro atoms. The highest BCUT2D eigenvalue weighted by atomic mass is 16.5. The van der Waals surface area contributed by atoms with E-state index in [1.165, 1.54) is 0 Å². The molecular weight excluding hydrogens is 400 g/mol. The summed E-state index contributed by atoms with van der Waals surface area (Å²) in [4.78, 5) is 0. The maximum atomic E-state index is 9.41. The van der Waals surface area contributed by atoms with Crippen molar-refractivity contribution < 1.29 is 9.47 Å². The van der Waals surface area contributed by atoms with E-state index in [0.29, 0.717) is 11.1 Å². The van der Waals surface area contributed by atoms with Crippen molar-refractivity contribution in [1.82, 2.24) is 0 Å². The fraction of sp³-hybridized carbons (Fsp3) is 0. The van der Waals surface area contributed by atoms with E-state index in [1.807, 2.05) is 24.3 Å². The molecule has 0 aliphatic rings. The van der Waals surface area contributed by atoms with Gasteiger partial charge in [-0.3, -0.25) is 0 Å². The Hall–Kier alpha value is -5.30. The van der Waals surface area contributed by atoms with E-state index < -0.39 is 0 Å². The number of hydrogen-bond acceptors (Lipinski definition) is 6. The number of benzene rings is 3. The lowest BCUT2D eigenvalue weighted by Crippen LogP contribution is -2.03. The van der Waals surface area contributed by atoms with Crippen LogP contribution in [0.1, 0.15) is 11.1 Å². The van der Waals surface area contributed by atoms with Crippen LogP contribution in [-0.4, -0.2) is 0 Å². The van der Waals surface area contributed by atoms with Crippen LogP contribution in [0.15, 0.2) is 96.1 Å². The molecule has 3 aromatic carbocycles. The summed E-state index contributed by atoms with van der Waals surface area (Å²) in [7, 11) is 0. The molecule has 0 atom stereocenters. The molecule has 6 nitrogen and oxygen atoms in total. The van der Waals surface area contributed by atoms with Crippen molar-refractivity contribution in [3.63, 3.8) is 0 Å². The largest absolute Gasteiger partial charge is 0.451 e. The molecule has 0 amide bonds.